The van der Waals surface area contributed by atoms with E-state index in [1.807, 2.05) is 6.92 Å². The number of hydrogen-bond acceptors (Lipinski definition) is 2. The highest BCUT2D eigenvalue weighted by atomic mass is 31.1. The molecule has 0 aromatic rings. The van der Waals surface area contributed by atoms with Gasteiger partial charge in [-0.15, -0.1) is 0 Å². The fraction of sp³-hybridized carbons (Fsp3) is 0.750. The van der Waals surface area contributed by atoms with E-state index >= 15 is 0 Å². The molecule has 0 aromatic carbocycles. The molecule has 41 valence electrons. The Morgan fingerprint density at radius 3 is 2.57 bits per heavy atom. The predicted octanol–water partition coefficient (Wildman–Crippen LogP) is 1.79. The highest BCUT2D eigenvalue weighted by molar-refractivity contribution is 7.46. The Balaban J connectivity index is 3.17. The van der Waals surface area contributed by atoms with E-state index in [0.717, 1.165) is 6.42 Å². The second-order valence-electron chi connectivity index (χ2n) is 1.33. The Hall–Kier alpha value is -0.230. The van der Waals surface area contributed by atoms with E-state index in [1.165, 1.54) is 0 Å². The normalized spacial score (nSPS) is 9.29. The number of hydrogen-bond donors (Lipinski definition) is 1. The van der Waals surface area contributed by atoms with Gasteiger partial charge in [-0.05, 0) is 6.42 Å². The Kier molecular flexibility index (Phi) is 3.81. The van der Waals surface area contributed by atoms with Crippen LogP contribution in [-0.2, 0) is 4.57 Å². The van der Waals surface area contributed by atoms with E-state index in [-0.39, 0.29) is 0 Å². The van der Waals surface area contributed by atoms with Gasteiger partial charge < -0.3 is 0 Å². The van der Waals surface area contributed by atoms with Crippen molar-refractivity contribution >= 4 is 13.9 Å². The van der Waals surface area contributed by atoms with Crippen LogP contribution in [0.25, 0.3) is 0 Å². The van der Waals surface area contributed by atoms with Crippen LogP contribution in [0.1, 0.15) is 19.8 Å². The smallest absolute Gasteiger partial charge is 0.104 e. The Morgan fingerprint density at radius 2 is 2.43 bits per heavy atom. The summed E-state index contributed by atoms with van der Waals surface area (Å²) in [5.74, 6) is 0. The molecule has 0 heterocycles. The topological polar surface area (TPSA) is 40.9 Å². The van der Waals surface area contributed by atoms with Gasteiger partial charge in [-0.2, -0.15) is 0 Å². The Morgan fingerprint density at radius 1 is 1.86 bits per heavy atom. The van der Waals surface area contributed by atoms with Gasteiger partial charge >= 0.3 is 0 Å². The van der Waals surface area contributed by atoms with E-state index in [2.05, 4.69) is 0 Å². The van der Waals surface area contributed by atoms with Crippen LogP contribution < -0.4 is 0 Å². The van der Waals surface area contributed by atoms with Gasteiger partial charge in [-0.3, -0.25) is 9.97 Å². The second kappa shape index (κ2) is 3.94. The van der Waals surface area contributed by atoms with Gasteiger partial charge in [-0.1, -0.05) is 13.3 Å². The lowest BCUT2D eigenvalue weighted by atomic mass is 10.4. The van der Waals surface area contributed by atoms with Gasteiger partial charge in [0.2, 0.25) is 0 Å². The van der Waals surface area contributed by atoms with Crippen molar-refractivity contribution in [1.29, 1.82) is 5.41 Å². The molecule has 0 aromatic heterocycles. The van der Waals surface area contributed by atoms with Gasteiger partial charge in [0, 0.05) is 0 Å². The highest BCUT2D eigenvalue weighted by Gasteiger charge is 1.86. The van der Waals surface area contributed by atoms with E-state index in [9.17, 15) is 4.57 Å². The van der Waals surface area contributed by atoms with Crippen molar-refractivity contribution in [3.8, 4) is 0 Å². The van der Waals surface area contributed by atoms with Crippen molar-refractivity contribution < 1.29 is 4.57 Å². The van der Waals surface area contributed by atoms with Crippen LogP contribution in [0.2, 0.25) is 0 Å². The highest BCUT2D eigenvalue weighted by Crippen LogP contribution is 2.00. The molecule has 0 fully saturated rings. The minimum Gasteiger partial charge on any atom is -0.298 e. The molecule has 0 rings (SSSR count). The van der Waals surface area contributed by atoms with Crippen LogP contribution in [0.15, 0.2) is 0 Å². The predicted molar refractivity (Wildman–Crippen MR) is 31.6 cm³/mol. The zero-order chi connectivity index (χ0) is 5.70. The summed E-state index contributed by atoms with van der Waals surface area (Å²) >= 11 is 0. The van der Waals surface area contributed by atoms with Crippen LogP contribution in [-0.4, -0.2) is 5.45 Å². The minimum absolute atomic E-state index is 0.350. The molecule has 2 nitrogen and oxygen atoms in total. The summed E-state index contributed by atoms with van der Waals surface area (Å²) in [6.07, 6.45) is 1.61. The molecule has 0 spiro atoms. The number of rotatable bonds is 3. The zero-order valence-electron chi connectivity index (χ0n) is 4.32. The van der Waals surface area contributed by atoms with E-state index in [1.54, 1.807) is 0 Å². The first-order valence-corrected chi connectivity index (χ1v) is 3.17. The summed E-state index contributed by atoms with van der Waals surface area (Å²) in [6.45, 7) is 1.97. The van der Waals surface area contributed by atoms with Gasteiger partial charge in [0.05, 0.1) is 5.45 Å². The lowest BCUT2D eigenvalue weighted by molar-refractivity contribution is 0.603. The molecule has 3 heteroatoms. The quantitative estimate of drug-likeness (QED) is 0.445. The third-order valence-electron chi connectivity index (χ3n) is 0.623. The molecule has 7 heavy (non-hydrogen) atoms. The molecule has 0 aliphatic rings. The van der Waals surface area contributed by atoms with Gasteiger partial charge in [0.1, 0.15) is 8.46 Å². The second-order valence-corrected chi connectivity index (χ2v) is 2.14. The maximum atomic E-state index is 9.82. The molecule has 1 unspecified atom stereocenters. The van der Waals surface area contributed by atoms with Gasteiger partial charge in [0.25, 0.3) is 0 Å². The lowest BCUT2D eigenvalue weighted by Crippen LogP contribution is -1.79. The summed E-state index contributed by atoms with van der Waals surface area (Å²) in [5, 5.41) is 6.84. The van der Waals surface area contributed by atoms with E-state index in [4.69, 9.17) is 5.41 Å². The molecule has 1 N–H and O–H groups in total. The average molecular weight is 118 g/mol. The molecule has 0 saturated heterocycles. The fourth-order valence-electron chi connectivity index (χ4n) is 0.301. The molecule has 0 aliphatic carbocycles. The third-order valence-corrected chi connectivity index (χ3v) is 1.12. The molecule has 0 saturated carbocycles. The van der Waals surface area contributed by atoms with Crippen molar-refractivity contribution in [2.24, 2.45) is 0 Å². The van der Waals surface area contributed by atoms with Crippen molar-refractivity contribution in [2.45, 2.75) is 19.8 Å². The number of nitrogens with one attached hydrogen (secondary N) is 1. The first kappa shape index (κ1) is 6.77. The SMILES string of the molecule is CCCC(=N)[PH]=O. The summed E-state index contributed by atoms with van der Waals surface area (Å²) < 4.78 is 9.82. The molecule has 0 bridgehead atoms. The van der Waals surface area contributed by atoms with Crippen LogP contribution in [0.5, 0.6) is 0 Å². The van der Waals surface area contributed by atoms with E-state index in [0.29, 0.717) is 11.9 Å². The monoisotopic (exact) mass is 118 g/mol. The summed E-state index contributed by atoms with van der Waals surface area (Å²) in [7, 11) is -0.528. The van der Waals surface area contributed by atoms with Gasteiger partial charge in [0.15, 0.2) is 0 Å². The molecular formula is C4H9NOP. The Labute approximate surface area is 44.6 Å². The molecule has 1 radical (unpaired) electrons. The van der Waals surface area contributed by atoms with E-state index < -0.39 is 8.46 Å². The summed E-state index contributed by atoms with van der Waals surface area (Å²) in [6, 6.07) is 0. The maximum Gasteiger partial charge on any atom is 0.104 e. The van der Waals surface area contributed by atoms with Crippen molar-refractivity contribution in [3.63, 3.8) is 0 Å². The first-order chi connectivity index (χ1) is 3.31. The van der Waals surface area contributed by atoms with Crippen molar-refractivity contribution in [3.05, 3.63) is 0 Å². The summed E-state index contributed by atoms with van der Waals surface area (Å²) in [5.41, 5.74) is 0.350. The third kappa shape index (κ3) is 3.60. The molecule has 0 amide bonds. The minimum atomic E-state index is -0.528. The van der Waals surface area contributed by atoms with Crippen molar-refractivity contribution in [2.75, 3.05) is 0 Å². The fourth-order valence-corrected chi connectivity index (χ4v) is 0.653. The summed E-state index contributed by atoms with van der Waals surface area (Å²) in [4.78, 5) is 0. The standard InChI is InChI=1S/C4H9NOP/c1-2-3-4(5)7-6/h5,7H,2-3H2,1H3. The van der Waals surface area contributed by atoms with Crippen molar-refractivity contribution in [1.82, 2.24) is 0 Å². The van der Waals surface area contributed by atoms with Crippen LogP contribution in [0.4, 0.5) is 0 Å². The lowest BCUT2D eigenvalue weighted by Gasteiger charge is -1.84. The maximum absolute atomic E-state index is 9.82. The Bertz CT molecular complexity index is 81.8. The molecule has 1 atom stereocenters. The first-order valence-electron chi connectivity index (χ1n) is 2.26. The largest absolute Gasteiger partial charge is 0.298 e. The average Bonchev–Trinajstić information content (AvgIpc) is 1.68. The van der Waals surface area contributed by atoms with Crippen LogP contribution in [0, 0.1) is 5.41 Å². The zero-order valence-corrected chi connectivity index (χ0v) is 5.32. The van der Waals surface area contributed by atoms with Crippen LogP contribution >= 0.6 is 8.46 Å². The van der Waals surface area contributed by atoms with Gasteiger partial charge in [-0.25, -0.2) is 0 Å². The molecule has 0 aliphatic heterocycles. The van der Waals surface area contributed by atoms with Crippen LogP contribution in [0.3, 0.4) is 0 Å². The molecular weight excluding hydrogens is 109 g/mol.